The van der Waals surface area contributed by atoms with Crippen LogP contribution in [-0.4, -0.2) is 77.1 Å². The van der Waals surface area contributed by atoms with E-state index in [2.05, 4.69) is 34.5 Å². The maximum absolute atomic E-state index is 16.3. The number of hydrogen-bond donors (Lipinski definition) is 3. The summed E-state index contributed by atoms with van der Waals surface area (Å²) in [4.78, 5) is 4.91. The molecule has 3 aliphatic heterocycles. The van der Waals surface area contributed by atoms with Crippen molar-refractivity contribution in [1.29, 1.82) is 0 Å². The van der Waals surface area contributed by atoms with Crippen LogP contribution in [0.2, 0.25) is 0 Å². The minimum absolute atomic E-state index is 0.00297. The average molecular weight is 563 g/mol. The molecule has 5 fully saturated rings. The minimum atomic E-state index is -0.970. The smallest absolute Gasteiger partial charge is 0.119 e. The van der Waals surface area contributed by atoms with Crippen LogP contribution in [0.5, 0.6) is 5.75 Å². The molecular weight excluding hydrogens is 515 g/mol. The Morgan fingerprint density at radius 2 is 1.83 bits per heavy atom. The number of aromatic hydroxyl groups is 1. The molecule has 10 atom stereocenters. The van der Waals surface area contributed by atoms with E-state index in [1.165, 1.54) is 32.1 Å². The van der Waals surface area contributed by atoms with E-state index in [1.54, 1.807) is 12.1 Å². The normalized spacial score (nSPS) is 40.3. The van der Waals surface area contributed by atoms with Crippen LogP contribution in [0.15, 0.2) is 60.5 Å². The standard InChI is InChI=1S/C34H47FN4O2/c1-20-27-17-29(35)33(38-14-12-25(36)18-38)34-32(27)39(30-15-23-5-3-4-6-24(23)16-31(30)41-34)19-28(20)21(2)37-13-11-22-7-9-26(40)10-8-22/h7-10,19,23-25,27,29-34,37,40H,1-6,11-18,36H2. The summed E-state index contributed by atoms with van der Waals surface area (Å²) in [7, 11) is 0. The number of nitrogens with two attached hydrogens (primary N) is 1. The summed E-state index contributed by atoms with van der Waals surface area (Å²) in [6, 6.07) is 7.65. The lowest BCUT2D eigenvalue weighted by atomic mass is 9.64. The summed E-state index contributed by atoms with van der Waals surface area (Å²) in [6.45, 7) is 11.3. The number of fused-ring (bicyclic) bond motifs is 3. The lowest BCUT2D eigenvalue weighted by Gasteiger charge is -2.62. The Kier molecular flexibility index (Phi) is 7.41. The molecule has 2 saturated heterocycles. The fourth-order valence-electron chi connectivity index (χ4n) is 9.27. The second-order valence-corrected chi connectivity index (χ2v) is 13.7. The average Bonchev–Trinajstić information content (AvgIpc) is 3.39. The molecule has 7 heteroatoms. The largest absolute Gasteiger partial charge is 0.508 e. The first-order chi connectivity index (χ1) is 19.9. The van der Waals surface area contributed by atoms with Crippen molar-refractivity contribution in [2.75, 3.05) is 19.6 Å². The zero-order chi connectivity index (χ0) is 28.2. The van der Waals surface area contributed by atoms with Gasteiger partial charge in [-0.2, -0.15) is 0 Å². The van der Waals surface area contributed by atoms with Gasteiger partial charge in [-0.25, -0.2) is 4.39 Å². The van der Waals surface area contributed by atoms with Gasteiger partial charge in [0.25, 0.3) is 0 Å². The zero-order valence-corrected chi connectivity index (χ0v) is 24.3. The molecule has 222 valence electrons. The first-order valence-corrected chi connectivity index (χ1v) is 16.1. The molecule has 0 radical (unpaired) electrons. The molecule has 3 saturated carbocycles. The Hall–Kier alpha value is -2.35. The SMILES string of the molecule is C=C(NCCc1ccc(O)cc1)C1=CN2C3CC4CCCCC4CC3OC3C(N4CCC(N)C4)C(F)CC(C1=C)C32. The molecule has 1 aromatic rings. The fourth-order valence-corrected chi connectivity index (χ4v) is 9.27. The predicted octanol–water partition coefficient (Wildman–Crippen LogP) is 4.66. The summed E-state index contributed by atoms with van der Waals surface area (Å²) >= 11 is 0. The van der Waals surface area contributed by atoms with Crippen molar-refractivity contribution in [3.8, 4) is 5.75 Å². The number of allylic oxidation sites excluding steroid dienone is 1. The van der Waals surface area contributed by atoms with E-state index in [9.17, 15) is 5.11 Å². The van der Waals surface area contributed by atoms with Crippen LogP contribution in [0, 0.1) is 17.8 Å². The number of morpholine rings is 1. The van der Waals surface area contributed by atoms with E-state index in [4.69, 9.17) is 10.5 Å². The van der Waals surface area contributed by atoms with Crippen LogP contribution >= 0.6 is 0 Å². The fraction of sp³-hybridized carbons (Fsp3) is 0.647. The number of hydrogen-bond acceptors (Lipinski definition) is 6. The molecule has 10 unspecified atom stereocenters. The summed E-state index contributed by atoms with van der Waals surface area (Å²) in [5, 5.41) is 13.1. The first-order valence-electron chi connectivity index (χ1n) is 16.1. The number of rotatable bonds is 6. The van der Waals surface area contributed by atoms with E-state index in [-0.39, 0.29) is 42.0 Å². The summed E-state index contributed by atoms with van der Waals surface area (Å²) in [5.41, 5.74) is 10.4. The molecule has 4 N–H and O–H groups in total. The van der Waals surface area contributed by atoms with Gasteiger partial charge in [0.15, 0.2) is 0 Å². The number of ether oxygens (including phenoxy) is 1. The second kappa shape index (κ2) is 11.1. The third kappa shape index (κ3) is 5.02. The highest BCUT2D eigenvalue weighted by Crippen LogP contribution is 2.52. The Labute approximate surface area is 244 Å². The van der Waals surface area contributed by atoms with Gasteiger partial charge in [0.2, 0.25) is 0 Å². The van der Waals surface area contributed by atoms with Gasteiger partial charge in [-0.3, -0.25) is 4.90 Å². The van der Waals surface area contributed by atoms with Crippen molar-refractivity contribution in [1.82, 2.24) is 15.1 Å². The summed E-state index contributed by atoms with van der Waals surface area (Å²) in [5.74, 6) is 1.79. The Morgan fingerprint density at radius 1 is 1.07 bits per heavy atom. The van der Waals surface area contributed by atoms with Gasteiger partial charge in [0.05, 0.1) is 30.3 Å². The topological polar surface area (TPSA) is 74.0 Å². The number of likely N-dealkylation sites (tertiary alicyclic amines) is 1. The first kappa shape index (κ1) is 27.5. The maximum atomic E-state index is 16.3. The van der Waals surface area contributed by atoms with Crippen molar-refractivity contribution < 1.29 is 14.2 Å². The van der Waals surface area contributed by atoms with Gasteiger partial charge >= 0.3 is 0 Å². The Bertz CT molecular complexity index is 1190. The quantitative estimate of drug-likeness (QED) is 0.469. The van der Waals surface area contributed by atoms with E-state index in [1.807, 2.05) is 12.1 Å². The molecule has 6 nitrogen and oxygen atoms in total. The highest BCUT2D eigenvalue weighted by Gasteiger charge is 2.59. The predicted molar refractivity (Wildman–Crippen MR) is 160 cm³/mol. The Balaban J connectivity index is 1.17. The van der Waals surface area contributed by atoms with Crippen LogP contribution in [0.4, 0.5) is 4.39 Å². The molecule has 0 bridgehead atoms. The van der Waals surface area contributed by atoms with E-state index < -0.39 is 6.17 Å². The van der Waals surface area contributed by atoms with E-state index in [0.29, 0.717) is 12.5 Å². The van der Waals surface area contributed by atoms with Crippen molar-refractivity contribution in [2.45, 2.75) is 100 Å². The molecule has 3 heterocycles. The van der Waals surface area contributed by atoms with Crippen LogP contribution in [0.3, 0.4) is 0 Å². The number of phenolic OH excluding ortho intramolecular Hbond substituents is 1. The molecule has 1 aromatic carbocycles. The number of nitrogens with one attached hydrogen (secondary N) is 1. The summed E-state index contributed by atoms with van der Waals surface area (Å²) in [6.07, 6.45) is 11.1. The zero-order valence-electron chi connectivity index (χ0n) is 24.3. The molecular formula is C34H47FN4O2. The molecule has 7 rings (SSSR count). The lowest BCUT2D eigenvalue weighted by molar-refractivity contribution is -0.216. The molecule has 3 aliphatic carbocycles. The van der Waals surface area contributed by atoms with Crippen LogP contribution < -0.4 is 11.1 Å². The minimum Gasteiger partial charge on any atom is -0.508 e. The van der Waals surface area contributed by atoms with Crippen LogP contribution in [0.1, 0.15) is 56.9 Å². The van der Waals surface area contributed by atoms with Crippen molar-refractivity contribution in [2.24, 2.45) is 23.5 Å². The van der Waals surface area contributed by atoms with E-state index in [0.717, 1.165) is 73.1 Å². The summed E-state index contributed by atoms with van der Waals surface area (Å²) < 4.78 is 23.4. The van der Waals surface area contributed by atoms with Gasteiger partial charge in [-0.05, 0) is 67.2 Å². The number of alkyl halides is 1. The van der Waals surface area contributed by atoms with Gasteiger partial charge in [-0.15, -0.1) is 0 Å². The van der Waals surface area contributed by atoms with Gasteiger partial charge < -0.3 is 25.8 Å². The third-order valence-corrected chi connectivity index (χ3v) is 11.3. The van der Waals surface area contributed by atoms with Gasteiger partial charge in [0, 0.05) is 49.1 Å². The number of benzene rings is 1. The Morgan fingerprint density at radius 3 is 2.56 bits per heavy atom. The number of phenols is 1. The van der Waals surface area contributed by atoms with Crippen LogP contribution in [0.25, 0.3) is 0 Å². The van der Waals surface area contributed by atoms with Gasteiger partial charge in [0.1, 0.15) is 11.9 Å². The van der Waals surface area contributed by atoms with Crippen molar-refractivity contribution in [3.63, 3.8) is 0 Å². The highest BCUT2D eigenvalue weighted by molar-refractivity contribution is 5.48. The lowest BCUT2D eigenvalue weighted by Crippen LogP contribution is -2.72. The highest BCUT2D eigenvalue weighted by atomic mass is 19.1. The monoisotopic (exact) mass is 562 g/mol. The molecule has 41 heavy (non-hydrogen) atoms. The van der Waals surface area contributed by atoms with E-state index >= 15 is 4.39 Å². The third-order valence-electron chi connectivity index (χ3n) is 11.3. The second-order valence-electron chi connectivity index (χ2n) is 13.7. The number of halogens is 1. The maximum Gasteiger partial charge on any atom is 0.119 e. The molecule has 0 aromatic heterocycles. The molecule has 6 aliphatic rings. The molecule has 0 amide bonds. The van der Waals surface area contributed by atoms with Crippen LogP contribution in [-0.2, 0) is 11.2 Å². The van der Waals surface area contributed by atoms with Crippen molar-refractivity contribution >= 4 is 0 Å². The van der Waals surface area contributed by atoms with Crippen molar-refractivity contribution in [3.05, 3.63) is 66.0 Å². The number of nitrogens with zero attached hydrogens (tertiary/aromatic N) is 2. The van der Waals surface area contributed by atoms with Gasteiger partial charge in [-0.1, -0.05) is 51.0 Å². The molecule has 0 spiro atoms.